The molecule has 8 heteroatoms. The van der Waals surface area contributed by atoms with Crippen molar-refractivity contribution in [3.8, 4) is 22.7 Å². The van der Waals surface area contributed by atoms with Crippen molar-refractivity contribution in [1.82, 2.24) is 15.1 Å². The lowest BCUT2D eigenvalue weighted by Gasteiger charge is -2.14. The Balaban J connectivity index is 1.55. The van der Waals surface area contributed by atoms with E-state index >= 15 is 0 Å². The normalized spacial score (nSPS) is 11.6. The Morgan fingerprint density at radius 1 is 1.03 bits per heavy atom. The number of carbonyl (C=O) groups is 2. The number of amides is 1. The Morgan fingerprint density at radius 2 is 1.77 bits per heavy atom. The second-order valence-electron chi connectivity index (χ2n) is 7.89. The first kappa shape index (κ1) is 23.7. The zero-order chi connectivity index (χ0) is 24.8. The number of aromatic nitrogens is 2. The maximum Gasteiger partial charge on any atom is 0.330 e. The molecule has 3 aromatic carbocycles. The maximum atomic E-state index is 13.9. The largest absolute Gasteiger partial charge is 0.497 e. The maximum absolute atomic E-state index is 13.9. The molecular weight excluding hydrogens is 449 g/mol. The predicted molar refractivity (Wildman–Crippen MR) is 129 cm³/mol. The highest BCUT2D eigenvalue weighted by atomic mass is 19.1. The van der Waals surface area contributed by atoms with Gasteiger partial charge in [0.1, 0.15) is 11.6 Å². The van der Waals surface area contributed by atoms with Crippen LogP contribution in [-0.2, 0) is 16.0 Å². The van der Waals surface area contributed by atoms with Crippen LogP contribution >= 0.6 is 0 Å². The Bertz CT molecular complexity index is 1320. The first-order chi connectivity index (χ1) is 16.9. The SMILES string of the molecule is COc1ccc(-n2nc(CCC(=O)NC(C(=O)O)c3ccccc3)cc2-c2cccc(F)c2)cc1. The number of ether oxygens (including phenoxy) is 1. The second-order valence-corrected chi connectivity index (χ2v) is 7.89. The van der Waals surface area contributed by atoms with Crippen molar-refractivity contribution < 1.29 is 23.8 Å². The van der Waals surface area contributed by atoms with Gasteiger partial charge in [-0.05, 0) is 48.0 Å². The summed E-state index contributed by atoms with van der Waals surface area (Å²) in [7, 11) is 1.58. The Morgan fingerprint density at radius 3 is 2.43 bits per heavy atom. The molecule has 0 saturated heterocycles. The van der Waals surface area contributed by atoms with Crippen molar-refractivity contribution in [2.24, 2.45) is 0 Å². The highest BCUT2D eigenvalue weighted by Gasteiger charge is 2.22. The average molecular weight is 474 g/mol. The molecule has 0 aliphatic carbocycles. The Kier molecular flexibility index (Phi) is 7.21. The molecule has 0 aliphatic rings. The van der Waals surface area contributed by atoms with Gasteiger partial charge in [-0.3, -0.25) is 4.79 Å². The summed E-state index contributed by atoms with van der Waals surface area (Å²) in [6, 6.07) is 22.7. The molecule has 35 heavy (non-hydrogen) atoms. The highest BCUT2D eigenvalue weighted by molar-refractivity contribution is 5.84. The van der Waals surface area contributed by atoms with Crippen LogP contribution in [0, 0.1) is 5.82 Å². The van der Waals surface area contributed by atoms with Gasteiger partial charge >= 0.3 is 5.97 Å². The first-order valence-corrected chi connectivity index (χ1v) is 11.0. The standard InChI is InChI=1S/C27H24FN3O4/c1-35-23-13-11-22(12-14-23)31-24(19-8-5-9-20(28)16-19)17-21(30-31)10-15-25(32)29-26(27(33)34)18-6-3-2-4-7-18/h2-9,11-14,16-17,26H,10,15H2,1H3,(H,29,32)(H,33,34). The summed E-state index contributed by atoms with van der Waals surface area (Å²) >= 11 is 0. The fourth-order valence-electron chi connectivity index (χ4n) is 3.73. The number of nitrogens with one attached hydrogen (secondary N) is 1. The molecule has 0 saturated carbocycles. The number of aryl methyl sites for hydroxylation is 1. The molecule has 0 radical (unpaired) electrons. The average Bonchev–Trinajstić information content (AvgIpc) is 3.31. The van der Waals surface area contributed by atoms with E-state index in [4.69, 9.17) is 4.74 Å². The minimum Gasteiger partial charge on any atom is -0.497 e. The van der Waals surface area contributed by atoms with Crippen LogP contribution in [0.15, 0.2) is 84.9 Å². The summed E-state index contributed by atoms with van der Waals surface area (Å²) in [6.07, 6.45) is 0.317. The van der Waals surface area contributed by atoms with Gasteiger partial charge in [0.15, 0.2) is 6.04 Å². The van der Waals surface area contributed by atoms with Gasteiger partial charge in [0, 0.05) is 18.4 Å². The van der Waals surface area contributed by atoms with Crippen molar-refractivity contribution in [2.75, 3.05) is 7.11 Å². The quantitative estimate of drug-likeness (QED) is 0.372. The number of halogens is 1. The van der Waals surface area contributed by atoms with Crippen LogP contribution in [0.1, 0.15) is 23.7 Å². The van der Waals surface area contributed by atoms with Crippen LogP contribution in [0.25, 0.3) is 16.9 Å². The number of rotatable bonds is 9. The van der Waals surface area contributed by atoms with Gasteiger partial charge < -0.3 is 15.2 Å². The minimum absolute atomic E-state index is 0.0405. The van der Waals surface area contributed by atoms with Gasteiger partial charge in [0.2, 0.25) is 5.91 Å². The Hall–Kier alpha value is -4.46. The van der Waals surface area contributed by atoms with E-state index in [0.29, 0.717) is 28.3 Å². The number of methoxy groups -OCH3 is 1. The molecule has 0 fully saturated rings. The van der Waals surface area contributed by atoms with Crippen molar-refractivity contribution in [1.29, 1.82) is 0 Å². The molecule has 1 aromatic heterocycles. The van der Waals surface area contributed by atoms with Crippen LogP contribution in [0.4, 0.5) is 4.39 Å². The van der Waals surface area contributed by atoms with E-state index in [2.05, 4.69) is 10.4 Å². The molecule has 7 nitrogen and oxygen atoms in total. The van der Waals surface area contributed by atoms with Crippen molar-refractivity contribution >= 4 is 11.9 Å². The lowest BCUT2D eigenvalue weighted by atomic mass is 10.1. The topological polar surface area (TPSA) is 93.5 Å². The molecule has 0 aliphatic heterocycles. The van der Waals surface area contributed by atoms with Crippen LogP contribution in [-0.4, -0.2) is 33.9 Å². The smallest absolute Gasteiger partial charge is 0.330 e. The first-order valence-electron chi connectivity index (χ1n) is 11.0. The van der Waals surface area contributed by atoms with E-state index < -0.39 is 17.9 Å². The van der Waals surface area contributed by atoms with E-state index in [-0.39, 0.29) is 18.7 Å². The summed E-state index contributed by atoms with van der Waals surface area (Å²) < 4.78 is 20.8. The predicted octanol–water partition coefficient (Wildman–Crippen LogP) is 4.56. The molecule has 1 unspecified atom stereocenters. The third kappa shape index (κ3) is 5.73. The van der Waals surface area contributed by atoms with Crippen LogP contribution in [0.5, 0.6) is 5.75 Å². The number of carboxylic acids is 1. The second kappa shape index (κ2) is 10.6. The molecule has 2 N–H and O–H groups in total. The fraction of sp³-hybridized carbons (Fsp3) is 0.148. The van der Waals surface area contributed by atoms with Crippen molar-refractivity contribution in [2.45, 2.75) is 18.9 Å². The molecule has 1 atom stereocenters. The number of hydrogen-bond donors (Lipinski definition) is 2. The van der Waals surface area contributed by atoms with Gasteiger partial charge in [0.05, 0.1) is 24.2 Å². The number of hydrogen-bond acceptors (Lipinski definition) is 4. The lowest BCUT2D eigenvalue weighted by molar-refractivity contribution is -0.142. The van der Waals surface area contributed by atoms with E-state index in [1.807, 2.05) is 12.1 Å². The van der Waals surface area contributed by atoms with E-state index in [9.17, 15) is 19.1 Å². The molecule has 1 heterocycles. The molecule has 1 amide bonds. The molecule has 0 bridgehead atoms. The zero-order valence-corrected chi connectivity index (χ0v) is 19.0. The number of carboxylic acid groups (broad SMARTS) is 1. The van der Waals surface area contributed by atoms with Gasteiger partial charge in [-0.25, -0.2) is 13.9 Å². The van der Waals surface area contributed by atoms with E-state index in [1.165, 1.54) is 12.1 Å². The molecular formula is C27H24FN3O4. The molecule has 0 spiro atoms. The number of aliphatic carboxylic acids is 1. The minimum atomic E-state index is -1.14. The van der Waals surface area contributed by atoms with Gasteiger partial charge in [-0.2, -0.15) is 5.10 Å². The summed E-state index contributed by atoms with van der Waals surface area (Å²) in [6.45, 7) is 0. The monoisotopic (exact) mass is 473 g/mol. The van der Waals surface area contributed by atoms with Gasteiger partial charge in [-0.15, -0.1) is 0 Å². The third-order valence-corrected chi connectivity index (χ3v) is 5.49. The molecule has 178 valence electrons. The third-order valence-electron chi connectivity index (χ3n) is 5.49. The fourth-order valence-corrected chi connectivity index (χ4v) is 3.73. The van der Waals surface area contributed by atoms with Gasteiger partial charge in [-0.1, -0.05) is 42.5 Å². The number of nitrogens with zero attached hydrogens (tertiary/aromatic N) is 2. The number of benzene rings is 3. The Labute approximate surface area is 201 Å². The lowest BCUT2D eigenvalue weighted by Crippen LogP contribution is -2.33. The summed E-state index contributed by atoms with van der Waals surface area (Å²) in [5.41, 5.74) is 3.15. The van der Waals surface area contributed by atoms with Crippen molar-refractivity contribution in [3.05, 3.63) is 102 Å². The summed E-state index contributed by atoms with van der Waals surface area (Å²) in [5.74, 6) is -1.22. The van der Waals surface area contributed by atoms with E-state index in [1.54, 1.807) is 72.5 Å². The summed E-state index contributed by atoms with van der Waals surface area (Å²) in [5, 5.41) is 16.8. The van der Waals surface area contributed by atoms with E-state index in [0.717, 1.165) is 5.69 Å². The summed E-state index contributed by atoms with van der Waals surface area (Å²) in [4.78, 5) is 24.3. The molecule has 4 aromatic rings. The number of carbonyl (C=O) groups excluding carboxylic acids is 1. The molecule has 4 rings (SSSR count). The zero-order valence-electron chi connectivity index (χ0n) is 19.0. The highest BCUT2D eigenvalue weighted by Crippen LogP contribution is 2.26. The van der Waals surface area contributed by atoms with Gasteiger partial charge in [0.25, 0.3) is 0 Å². The van der Waals surface area contributed by atoms with Crippen LogP contribution in [0.3, 0.4) is 0 Å². The van der Waals surface area contributed by atoms with Crippen molar-refractivity contribution in [3.63, 3.8) is 0 Å². The van der Waals surface area contributed by atoms with Crippen LogP contribution in [0.2, 0.25) is 0 Å². The van der Waals surface area contributed by atoms with Crippen LogP contribution < -0.4 is 10.1 Å².